The van der Waals surface area contributed by atoms with Gasteiger partial charge in [-0.05, 0) is 32.3 Å². The first-order chi connectivity index (χ1) is 13.4. The van der Waals surface area contributed by atoms with Gasteiger partial charge in [0.15, 0.2) is 5.71 Å². The van der Waals surface area contributed by atoms with Gasteiger partial charge in [-0.25, -0.2) is 4.99 Å². The Bertz CT molecular complexity index is 836. The van der Waals surface area contributed by atoms with Crippen LogP contribution in [0.15, 0.2) is 41.5 Å². The standard InChI is InChI=1S/C19H27N7O2/c1-26(2)8-7-24-19(22)18(15-5-3-4-6-23-15)25-16-12-17(28-10-9-27)14(21)11-13(16)20/h3-6,11-12,27H,7-10,20-21H2,1-2H3,(H2,22,24)/p+1. The highest BCUT2D eigenvalue weighted by molar-refractivity contribution is 6.45. The van der Waals surface area contributed by atoms with E-state index in [1.54, 1.807) is 18.3 Å². The molecule has 0 saturated carbocycles. The number of benzene rings is 1. The van der Waals surface area contributed by atoms with Gasteiger partial charge in [-0.2, -0.15) is 0 Å². The fourth-order valence-electron chi connectivity index (χ4n) is 2.36. The largest absolute Gasteiger partial charge is 0.489 e. The number of hydrogen-bond acceptors (Lipinski definition) is 7. The lowest BCUT2D eigenvalue weighted by Gasteiger charge is -2.11. The Balaban J connectivity index is 2.47. The van der Waals surface area contributed by atoms with Crippen LogP contribution in [0.25, 0.3) is 0 Å². The number of amidine groups is 1. The van der Waals surface area contributed by atoms with Gasteiger partial charge in [0.25, 0.3) is 5.84 Å². The van der Waals surface area contributed by atoms with E-state index < -0.39 is 0 Å². The third-order valence-corrected chi connectivity index (χ3v) is 3.78. The van der Waals surface area contributed by atoms with E-state index in [1.807, 2.05) is 37.2 Å². The first kappa shape index (κ1) is 21.1. The molecule has 28 heavy (non-hydrogen) atoms. The number of aromatic nitrogens is 1. The summed E-state index contributed by atoms with van der Waals surface area (Å²) in [6.45, 7) is 1.44. The quantitative estimate of drug-likeness (QED) is 0.205. The average Bonchev–Trinajstić information content (AvgIpc) is 2.66. The lowest BCUT2D eigenvalue weighted by molar-refractivity contribution is -0.456. The van der Waals surface area contributed by atoms with Gasteiger partial charge in [0, 0.05) is 18.8 Å². The van der Waals surface area contributed by atoms with Gasteiger partial charge in [0.1, 0.15) is 12.4 Å². The van der Waals surface area contributed by atoms with E-state index in [9.17, 15) is 0 Å². The van der Waals surface area contributed by atoms with Crippen molar-refractivity contribution in [3.8, 4) is 5.75 Å². The molecule has 0 bridgehead atoms. The zero-order chi connectivity index (χ0) is 20.5. The fraction of sp³-hybridized carbons (Fsp3) is 0.316. The summed E-state index contributed by atoms with van der Waals surface area (Å²) in [7, 11) is 3.96. The van der Waals surface area contributed by atoms with Gasteiger partial charge >= 0.3 is 0 Å². The second kappa shape index (κ2) is 10.2. The number of nitrogen functional groups attached to an aromatic ring is 2. The lowest BCUT2D eigenvalue weighted by Crippen LogP contribution is -2.78. The van der Waals surface area contributed by atoms with Gasteiger partial charge in [-0.15, -0.1) is 0 Å². The molecule has 150 valence electrons. The Kier molecular flexibility index (Phi) is 7.73. The van der Waals surface area contributed by atoms with Crippen molar-refractivity contribution in [3.63, 3.8) is 0 Å². The number of hydrogen-bond donors (Lipinski definition) is 5. The van der Waals surface area contributed by atoms with Crippen LogP contribution >= 0.6 is 0 Å². The molecule has 9 nitrogen and oxygen atoms in total. The van der Waals surface area contributed by atoms with E-state index >= 15 is 0 Å². The highest BCUT2D eigenvalue weighted by Gasteiger charge is 2.17. The van der Waals surface area contributed by atoms with Crippen molar-refractivity contribution < 1.29 is 14.8 Å². The molecule has 2 aromatic rings. The second-order valence-electron chi connectivity index (χ2n) is 6.34. The maximum atomic E-state index is 8.97. The number of pyridine rings is 1. The minimum atomic E-state index is -0.127. The number of aliphatic hydroxyl groups is 1. The van der Waals surface area contributed by atoms with E-state index in [2.05, 4.69) is 15.0 Å². The third kappa shape index (κ3) is 5.93. The van der Waals surface area contributed by atoms with E-state index in [1.165, 1.54) is 0 Å². The smallest absolute Gasteiger partial charge is 0.294 e. The van der Waals surface area contributed by atoms with Gasteiger partial charge < -0.3 is 26.2 Å². The van der Waals surface area contributed by atoms with Crippen LogP contribution in [0.3, 0.4) is 0 Å². The molecule has 1 aromatic carbocycles. The molecule has 0 spiro atoms. The van der Waals surface area contributed by atoms with Crippen molar-refractivity contribution in [1.82, 2.24) is 9.88 Å². The molecule has 0 aliphatic carbocycles. The zero-order valence-electron chi connectivity index (χ0n) is 16.2. The molecule has 0 fully saturated rings. The summed E-state index contributed by atoms with van der Waals surface area (Å²) < 4.78 is 5.45. The Morgan fingerprint density at radius 3 is 2.68 bits per heavy atom. The Morgan fingerprint density at radius 2 is 2.04 bits per heavy atom. The number of anilines is 2. The topological polar surface area (TPSA) is 150 Å². The summed E-state index contributed by atoms with van der Waals surface area (Å²) >= 11 is 0. The molecule has 0 aliphatic heterocycles. The van der Waals surface area contributed by atoms with Crippen molar-refractivity contribution in [1.29, 1.82) is 0 Å². The molecule has 1 aromatic heterocycles. The summed E-state index contributed by atoms with van der Waals surface area (Å²) in [5, 5.41) is 8.97. The van der Waals surface area contributed by atoms with E-state index in [0.717, 1.165) is 6.54 Å². The van der Waals surface area contributed by atoms with Crippen LogP contribution in [0.2, 0.25) is 0 Å². The molecule has 8 N–H and O–H groups in total. The first-order valence-electron chi connectivity index (χ1n) is 8.86. The molecular formula is C19H28N7O2+. The predicted molar refractivity (Wildman–Crippen MR) is 112 cm³/mol. The third-order valence-electron chi connectivity index (χ3n) is 3.78. The highest BCUT2D eigenvalue weighted by atomic mass is 16.5. The number of aliphatic imine (C=N–C) groups is 1. The predicted octanol–water partition coefficient (Wildman–Crippen LogP) is -1.26. The molecule has 0 amide bonds. The number of nitrogens with one attached hydrogen (secondary N) is 1. The van der Waals surface area contributed by atoms with E-state index in [-0.39, 0.29) is 13.2 Å². The van der Waals surface area contributed by atoms with Gasteiger partial charge in [0.2, 0.25) is 0 Å². The number of nitrogens with two attached hydrogens (primary N) is 3. The summed E-state index contributed by atoms with van der Waals surface area (Å²) in [6, 6.07) is 8.67. The molecule has 0 aliphatic rings. The van der Waals surface area contributed by atoms with Crippen LogP contribution in [0.4, 0.5) is 17.1 Å². The SMILES string of the molecule is CN(C)CC[NH+]=C(N)C(=Nc1cc(OCCO)c(N)cc1N)c1ccccn1. The summed E-state index contributed by atoms with van der Waals surface area (Å²) in [5.41, 5.74) is 20.6. The maximum Gasteiger partial charge on any atom is 0.294 e. The molecule has 0 saturated heterocycles. The second-order valence-corrected chi connectivity index (χ2v) is 6.34. The average molecular weight is 386 g/mol. The van der Waals surface area contributed by atoms with Crippen molar-refractivity contribution in [2.75, 3.05) is 51.9 Å². The Hall–Kier alpha value is -3.17. The summed E-state index contributed by atoms with van der Waals surface area (Å²) in [6.07, 6.45) is 1.67. The minimum absolute atomic E-state index is 0.116. The Labute approximate surface area is 164 Å². The molecular weight excluding hydrogens is 358 g/mol. The molecule has 0 atom stereocenters. The number of likely N-dealkylation sites (N-methyl/N-ethyl adjacent to an activating group) is 1. The number of nitrogens with zero attached hydrogens (tertiary/aromatic N) is 3. The fourth-order valence-corrected chi connectivity index (χ4v) is 2.36. The zero-order valence-corrected chi connectivity index (χ0v) is 16.2. The van der Waals surface area contributed by atoms with Crippen molar-refractivity contribution in [3.05, 3.63) is 42.2 Å². The maximum absolute atomic E-state index is 8.97. The highest BCUT2D eigenvalue weighted by Crippen LogP contribution is 2.33. The summed E-state index contributed by atoms with van der Waals surface area (Å²) in [4.78, 5) is 14.2. The van der Waals surface area contributed by atoms with Crippen molar-refractivity contribution in [2.24, 2.45) is 10.7 Å². The van der Waals surface area contributed by atoms with Crippen LogP contribution in [0.1, 0.15) is 5.69 Å². The lowest BCUT2D eigenvalue weighted by atomic mass is 10.2. The summed E-state index contributed by atoms with van der Waals surface area (Å²) in [5.74, 6) is 0.774. The molecule has 0 unspecified atom stereocenters. The number of aliphatic hydroxyl groups excluding tert-OH is 1. The van der Waals surface area contributed by atoms with Gasteiger partial charge in [0.05, 0.1) is 35.9 Å². The van der Waals surface area contributed by atoms with Gasteiger partial charge in [-0.1, -0.05) is 6.07 Å². The monoisotopic (exact) mass is 386 g/mol. The molecule has 0 radical (unpaired) electrons. The van der Waals surface area contributed by atoms with Crippen molar-refractivity contribution >= 4 is 28.6 Å². The van der Waals surface area contributed by atoms with Crippen LogP contribution in [-0.4, -0.2) is 66.9 Å². The van der Waals surface area contributed by atoms with Gasteiger partial charge in [-0.3, -0.25) is 15.7 Å². The number of ether oxygens (including phenoxy) is 1. The van der Waals surface area contributed by atoms with E-state index in [0.29, 0.717) is 46.6 Å². The van der Waals surface area contributed by atoms with E-state index in [4.69, 9.17) is 27.0 Å². The molecule has 9 heteroatoms. The van der Waals surface area contributed by atoms with Crippen LogP contribution in [0, 0.1) is 0 Å². The molecule has 2 rings (SSSR count). The number of rotatable bonds is 9. The van der Waals surface area contributed by atoms with Crippen LogP contribution in [-0.2, 0) is 0 Å². The van der Waals surface area contributed by atoms with Crippen LogP contribution < -0.4 is 26.9 Å². The minimum Gasteiger partial charge on any atom is -0.489 e. The molecule has 1 heterocycles. The normalized spacial score (nSPS) is 12.4. The van der Waals surface area contributed by atoms with Crippen molar-refractivity contribution in [2.45, 2.75) is 0 Å². The van der Waals surface area contributed by atoms with Crippen LogP contribution in [0.5, 0.6) is 5.75 Å². The first-order valence-corrected chi connectivity index (χ1v) is 8.86. The Morgan fingerprint density at radius 1 is 1.25 bits per heavy atom.